The second-order valence-corrected chi connectivity index (χ2v) is 9.68. The number of hydrogen-bond donors (Lipinski definition) is 0. The summed E-state index contributed by atoms with van der Waals surface area (Å²) in [6, 6.07) is 48.9. The fourth-order valence-electron chi connectivity index (χ4n) is 6.27. The van der Waals surface area contributed by atoms with Crippen molar-refractivity contribution >= 4 is 53.9 Å². The molecule has 0 heterocycles. The maximum atomic E-state index is 2.41. The van der Waals surface area contributed by atoms with Crippen molar-refractivity contribution in [1.29, 1.82) is 0 Å². The van der Waals surface area contributed by atoms with E-state index in [9.17, 15) is 0 Å². The molecule has 0 aromatic heterocycles. The van der Waals surface area contributed by atoms with Crippen LogP contribution in [0.15, 0.2) is 133 Å². The summed E-state index contributed by atoms with van der Waals surface area (Å²) in [5.41, 5.74) is 5.06. The molecule has 0 saturated heterocycles. The van der Waals surface area contributed by atoms with Crippen molar-refractivity contribution in [2.75, 3.05) is 0 Å². The maximum Gasteiger partial charge on any atom is -0.00134 e. The van der Waals surface area contributed by atoms with E-state index in [1.165, 1.54) is 76.1 Å². The van der Waals surface area contributed by atoms with Crippen LogP contribution in [0.3, 0.4) is 0 Å². The van der Waals surface area contributed by atoms with E-state index in [0.29, 0.717) is 0 Å². The molecule has 0 spiro atoms. The lowest BCUT2D eigenvalue weighted by Gasteiger charge is -2.20. The highest BCUT2D eigenvalue weighted by atomic mass is 14.2. The number of benzene rings is 8. The first-order valence-electron chi connectivity index (χ1n) is 12.5. The summed E-state index contributed by atoms with van der Waals surface area (Å²) < 4.78 is 0. The van der Waals surface area contributed by atoms with Gasteiger partial charge in [0.05, 0.1) is 0 Å². The van der Waals surface area contributed by atoms with Gasteiger partial charge < -0.3 is 0 Å². The largest absolute Gasteiger partial charge is 0.0622 e. The van der Waals surface area contributed by atoms with Crippen molar-refractivity contribution in [2.45, 2.75) is 0 Å². The summed E-state index contributed by atoms with van der Waals surface area (Å²) in [5.74, 6) is 0. The molecule has 0 aliphatic heterocycles. The molecule has 8 aromatic carbocycles. The molecule has 166 valence electrons. The maximum absolute atomic E-state index is 2.41. The van der Waals surface area contributed by atoms with Gasteiger partial charge in [-0.1, -0.05) is 121 Å². The van der Waals surface area contributed by atoms with E-state index >= 15 is 0 Å². The molecule has 0 atom stereocenters. The van der Waals surface area contributed by atoms with E-state index in [0.717, 1.165) is 0 Å². The Kier molecular flexibility index (Phi) is 4.03. The van der Waals surface area contributed by atoms with Crippen LogP contribution in [0.1, 0.15) is 0 Å². The average Bonchev–Trinajstić information content (AvgIpc) is 2.97. The summed E-state index contributed by atoms with van der Waals surface area (Å²) in [4.78, 5) is 0. The van der Waals surface area contributed by atoms with Crippen molar-refractivity contribution in [1.82, 2.24) is 0 Å². The van der Waals surface area contributed by atoms with Gasteiger partial charge in [0.15, 0.2) is 0 Å². The molecule has 0 amide bonds. The van der Waals surface area contributed by atoms with Crippen molar-refractivity contribution in [3.63, 3.8) is 0 Å². The monoisotopic (exact) mass is 454 g/mol. The highest BCUT2D eigenvalue weighted by molar-refractivity contribution is 6.41. The molecule has 0 nitrogen and oxygen atoms in total. The van der Waals surface area contributed by atoms with Crippen molar-refractivity contribution in [3.05, 3.63) is 133 Å². The van der Waals surface area contributed by atoms with Gasteiger partial charge in [-0.25, -0.2) is 0 Å². The first-order valence-corrected chi connectivity index (χ1v) is 12.5. The minimum Gasteiger partial charge on any atom is -0.0622 e. The van der Waals surface area contributed by atoms with Crippen LogP contribution in [-0.4, -0.2) is 0 Å². The molecule has 0 aliphatic carbocycles. The Morgan fingerprint density at radius 3 is 1.44 bits per heavy atom. The third-order valence-corrected chi connectivity index (χ3v) is 7.78. The summed E-state index contributed by atoms with van der Waals surface area (Å²) in [6.07, 6.45) is 0. The van der Waals surface area contributed by atoms with Gasteiger partial charge in [-0.3, -0.25) is 0 Å². The zero-order valence-electron chi connectivity index (χ0n) is 19.7. The SMILES string of the molecule is c1ccc(-c2cc3c4ccccc4c4cccc5c6c(-c7ccccc7)cccc6c(c2)c3c45)cc1. The van der Waals surface area contributed by atoms with Gasteiger partial charge >= 0.3 is 0 Å². The van der Waals surface area contributed by atoms with Crippen LogP contribution >= 0.6 is 0 Å². The van der Waals surface area contributed by atoms with E-state index in [1.54, 1.807) is 0 Å². The van der Waals surface area contributed by atoms with E-state index < -0.39 is 0 Å². The first kappa shape index (κ1) is 19.6. The minimum atomic E-state index is 1.25. The lowest BCUT2D eigenvalue weighted by Crippen LogP contribution is -1.92. The van der Waals surface area contributed by atoms with E-state index in [2.05, 4.69) is 133 Å². The fourth-order valence-corrected chi connectivity index (χ4v) is 6.27. The standard InChI is InChI=1S/C36H22/c1-3-11-23(12-4-1)25-21-32-28-16-8-7-15-27(28)29-18-10-20-31-34-26(24-13-5-2-6-14-24)17-9-19-30(34)33(22-25)36(32)35(29)31/h1-22H. The van der Waals surface area contributed by atoms with Crippen molar-refractivity contribution < 1.29 is 0 Å². The fraction of sp³-hybridized carbons (Fsp3) is 0. The Balaban J connectivity index is 1.69. The quantitative estimate of drug-likeness (QED) is 0.180. The normalized spacial score (nSPS) is 11.9. The van der Waals surface area contributed by atoms with E-state index in [4.69, 9.17) is 0 Å². The Morgan fingerprint density at radius 2 is 0.722 bits per heavy atom. The van der Waals surface area contributed by atoms with Crippen LogP contribution in [0.25, 0.3) is 76.1 Å². The lowest BCUT2D eigenvalue weighted by molar-refractivity contribution is 1.66. The van der Waals surface area contributed by atoms with Crippen LogP contribution in [0.4, 0.5) is 0 Å². The number of rotatable bonds is 2. The molecular formula is C36H22. The summed E-state index contributed by atoms with van der Waals surface area (Å²) in [7, 11) is 0. The average molecular weight is 455 g/mol. The molecule has 0 heteroatoms. The first-order chi connectivity index (χ1) is 17.9. The molecular weight excluding hydrogens is 432 g/mol. The van der Waals surface area contributed by atoms with Crippen LogP contribution in [0.2, 0.25) is 0 Å². The highest BCUT2D eigenvalue weighted by Gasteiger charge is 2.19. The van der Waals surface area contributed by atoms with Gasteiger partial charge in [0.25, 0.3) is 0 Å². The Morgan fingerprint density at radius 1 is 0.250 bits per heavy atom. The van der Waals surface area contributed by atoms with Crippen molar-refractivity contribution in [2.24, 2.45) is 0 Å². The van der Waals surface area contributed by atoms with Crippen LogP contribution in [0.5, 0.6) is 0 Å². The van der Waals surface area contributed by atoms with Gasteiger partial charge in [-0.2, -0.15) is 0 Å². The highest BCUT2D eigenvalue weighted by Crippen LogP contribution is 2.48. The lowest BCUT2D eigenvalue weighted by atomic mass is 9.83. The van der Waals surface area contributed by atoms with Crippen molar-refractivity contribution in [3.8, 4) is 22.3 Å². The predicted octanol–water partition coefficient (Wildman–Crippen LogP) is 10.2. The second kappa shape index (κ2) is 7.41. The second-order valence-electron chi connectivity index (χ2n) is 9.68. The molecule has 8 aromatic rings. The molecule has 36 heavy (non-hydrogen) atoms. The molecule has 0 radical (unpaired) electrons. The topological polar surface area (TPSA) is 0 Å². The third kappa shape index (κ3) is 2.64. The molecule has 0 aliphatic rings. The third-order valence-electron chi connectivity index (χ3n) is 7.78. The number of hydrogen-bond acceptors (Lipinski definition) is 0. The molecule has 0 unspecified atom stereocenters. The van der Waals surface area contributed by atoms with E-state index in [1.807, 2.05) is 0 Å². The van der Waals surface area contributed by atoms with Gasteiger partial charge in [0, 0.05) is 0 Å². The van der Waals surface area contributed by atoms with Gasteiger partial charge in [-0.05, 0) is 88.2 Å². The Labute approximate surface area is 209 Å². The molecule has 0 N–H and O–H groups in total. The van der Waals surface area contributed by atoms with Gasteiger partial charge in [0.1, 0.15) is 0 Å². The van der Waals surface area contributed by atoms with Crippen LogP contribution in [0, 0.1) is 0 Å². The molecule has 0 fully saturated rings. The number of fused-ring (bicyclic) bond motifs is 6. The Bertz CT molecular complexity index is 2060. The summed E-state index contributed by atoms with van der Waals surface area (Å²) in [5, 5.41) is 13.4. The molecule has 8 rings (SSSR count). The Hall–Kier alpha value is -4.68. The van der Waals surface area contributed by atoms with E-state index in [-0.39, 0.29) is 0 Å². The van der Waals surface area contributed by atoms with Gasteiger partial charge in [0.2, 0.25) is 0 Å². The smallest absolute Gasteiger partial charge is 0.00134 e. The van der Waals surface area contributed by atoms with Crippen LogP contribution < -0.4 is 0 Å². The summed E-state index contributed by atoms with van der Waals surface area (Å²) >= 11 is 0. The van der Waals surface area contributed by atoms with Crippen LogP contribution in [-0.2, 0) is 0 Å². The van der Waals surface area contributed by atoms with Gasteiger partial charge in [-0.15, -0.1) is 0 Å². The minimum absolute atomic E-state index is 1.25. The zero-order chi connectivity index (χ0) is 23.6. The molecule has 0 bridgehead atoms. The summed E-state index contributed by atoms with van der Waals surface area (Å²) in [6.45, 7) is 0. The predicted molar refractivity (Wildman–Crippen MR) is 156 cm³/mol. The molecule has 0 saturated carbocycles. The zero-order valence-corrected chi connectivity index (χ0v) is 19.7.